The molecular formula is C21H20Cl2N2O3. The predicted octanol–water partition coefficient (Wildman–Crippen LogP) is 5.93. The van der Waals surface area contributed by atoms with Crippen molar-refractivity contribution >= 4 is 29.2 Å². The Kier molecular flexibility index (Phi) is 6.60. The first-order chi connectivity index (χ1) is 13.5. The fourth-order valence-corrected chi connectivity index (χ4v) is 3.53. The Bertz CT molecular complexity index is 958. The zero-order valence-electron chi connectivity index (χ0n) is 15.3. The normalized spacial score (nSPS) is 12.0. The minimum Gasteiger partial charge on any atom is -0.489 e. The lowest BCUT2D eigenvalue weighted by molar-refractivity contribution is 0.0696. The molecule has 0 fully saturated rings. The zero-order chi connectivity index (χ0) is 20.1. The SMILES string of the molecule is CCCC(c1ncc[nH]1)c1ccc(C(=O)O)cc1OCc1ccc(Cl)cc1Cl. The van der Waals surface area contributed by atoms with Gasteiger partial charge in [0, 0.05) is 39.5 Å². The molecule has 2 N–H and O–H groups in total. The van der Waals surface area contributed by atoms with E-state index in [-0.39, 0.29) is 18.1 Å². The second-order valence-electron chi connectivity index (χ2n) is 6.40. The number of H-pyrrole nitrogens is 1. The van der Waals surface area contributed by atoms with Gasteiger partial charge in [0.1, 0.15) is 18.2 Å². The molecule has 0 spiro atoms. The number of nitrogens with zero attached hydrogens (tertiary/aromatic N) is 1. The van der Waals surface area contributed by atoms with Crippen LogP contribution >= 0.6 is 23.2 Å². The zero-order valence-corrected chi connectivity index (χ0v) is 16.8. The molecule has 0 bridgehead atoms. The van der Waals surface area contributed by atoms with Gasteiger partial charge in [-0.2, -0.15) is 0 Å². The molecule has 1 heterocycles. The number of benzene rings is 2. The number of nitrogens with one attached hydrogen (secondary N) is 1. The van der Waals surface area contributed by atoms with Crippen LogP contribution in [0.1, 0.15) is 53.0 Å². The van der Waals surface area contributed by atoms with Gasteiger partial charge in [-0.05, 0) is 30.7 Å². The maximum atomic E-state index is 11.4. The predicted molar refractivity (Wildman–Crippen MR) is 110 cm³/mol. The molecule has 0 aliphatic carbocycles. The van der Waals surface area contributed by atoms with E-state index in [2.05, 4.69) is 16.9 Å². The highest BCUT2D eigenvalue weighted by molar-refractivity contribution is 6.35. The molecular weight excluding hydrogens is 399 g/mol. The van der Waals surface area contributed by atoms with Crippen LogP contribution in [0.3, 0.4) is 0 Å². The fraction of sp³-hybridized carbons (Fsp3) is 0.238. The first-order valence-electron chi connectivity index (χ1n) is 8.92. The van der Waals surface area contributed by atoms with Crippen molar-refractivity contribution in [3.05, 3.63) is 81.4 Å². The summed E-state index contributed by atoms with van der Waals surface area (Å²) in [6.07, 6.45) is 5.27. The second-order valence-corrected chi connectivity index (χ2v) is 7.24. The average Bonchev–Trinajstić information content (AvgIpc) is 3.20. The number of imidazole rings is 1. The fourth-order valence-electron chi connectivity index (χ4n) is 3.07. The first-order valence-corrected chi connectivity index (χ1v) is 9.68. The highest BCUT2D eigenvalue weighted by Gasteiger charge is 2.21. The van der Waals surface area contributed by atoms with Gasteiger partial charge < -0.3 is 14.8 Å². The molecule has 5 nitrogen and oxygen atoms in total. The summed E-state index contributed by atoms with van der Waals surface area (Å²) in [4.78, 5) is 19.0. The third-order valence-corrected chi connectivity index (χ3v) is 5.05. The van der Waals surface area contributed by atoms with Crippen molar-refractivity contribution < 1.29 is 14.6 Å². The number of aromatic carboxylic acids is 1. The molecule has 0 aliphatic heterocycles. The van der Waals surface area contributed by atoms with Gasteiger partial charge in [-0.3, -0.25) is 0 Å². The van der Waals surface area contributed by atoms with E-state index < -0.39 is 5.97 Å². The van der Waals surface area contributed by atoms with Gasteiger partial charge >= 0.3 is 5.97 Å². The monoisotopic (exact) mass is 418 g/mol. The summed E-state index contributed by atoms with van der Waals surface area (Å²) in [6, 6.07) is 10.1. The molecule has 1 atom stereocenters. The third kappa shape index (κ3) is 4.66. The molecule has 1 unspecified atom stereocenters. The number of aromatic amines is 1. The molecule has 7 heteroatoms. The van der Waals surface area contributed by atoms with Crippen LogP contribution in [0.15, 0.2) is 48.8 Å². The summed E-state index contributed by atoms with van der Waals surface area (Å²) in [7, 11) is 0. The van der Waals surface area contributed by atoms with Gasteiger partial charge in [0.25, 0.3) is 0 Å². The molecule has 146 valence electrons. The van der Waals surface area contributed by atoms with Crippen LogP contribution in [0.4, 0.5) is 0 Å². The summed E-state index contributed by atoms with van der Waals surface area (Å²) in [5.41, 5.74) is 1.81. The Morgan fingerprint density at radius 2 is 2.07 bits per heavy atom. The summed E-state index contributed by atoms with van der Waals surface area (Å²) < 4.78 is 6.03. The van der Waals surface area contributed by atoms with E-state index >= 15 is 0 Å². The van der Waals surface area contributed by atoms with E-state index in [1.807, 2.05) is 0 Å². The van der Waals surface area contributed by atoms with Crippen molar-refractivity contribution in [2.45, 2.75) is 32.3 Å². The number of halogens is 2. The number of ether oxygens (including phenoxy) is 1. The number of aromatic nitrogens is 2. The Balaban J connectivity index is 1.96. The summed E-state index contributed by atoms with van der Waals surface area (Å²) in [5.74, 6) is 0.282. The number of carboxylic acids is 1. The quantitative estimate of drug-likeness (QED) is 0.475. The molecule has 1 aromatic heterocycles. The van der Waals surface area contributed by atoms with Crippen molar-refractivity contribution in [2.24, 2.45) is 0 Å². The van der Waals surface area contributed by atoms with E-state index in [0.29, 0.717) is 15.8 Å². The van der Waals surface area contributed by atoms with E-state index in [1.165, 1.54) is 0 Å². The lowest BCUT2D eigenvalue weighted by Crippen LogP contribution is -2.08. The molecule has 0 aliphatic rings. The molecule has 3 rings (SSSR count). The summed E-state index contributed by atoms with van der Waals surface area (Å²) >= 11 is 12.2. The van der Waals surface area contributed by atoms with Crippen LogP contribution in [-0.4, -0.2) is 21.0 Å². The Morgan fingerprint density at radius 1 is 1.25 bits per heavy atom. The third-order valence-electron chi connectivity index (χ3n) is 4.46. The number of carboxylic acid groups (broad SMARTS) is 1. The molecule has 28 heavy (non-hydrogen) atoms. The van der Waals surface area contributed by atoms with Crippen LogP contribution in [-0.2, 0) is 6.61 Å². The van der Waals surface area contributed by atoms with E-state index in [9.17, 15) is 9.90 Å². The summed E-state index contributed by atoms with van der Waals surface area (Å²) in [6.45, 7) is 2.29. The van der Waals surface area contributed by atoms with Gasteiger partial charge in [0.05, 0.1) is 5.56 Å². The van der Waals surface area contributed by atoms with Crippen LogP contribution in [0.25, 0.3) is 0 Å². The van der Waals surface area contributed by atoms with Crippen molar-refractivity contribution in [3.63, 3.8) is 0 Å². The first kappa shape index (κ1) is 20.2. The highest BCUT2D eigenvalue weighted by Crippen LogP contribution is 2.35. The van der Waals surface area contributed by atoms with Crippen molar-refractivity contribution in [3.8, 4) is 5.75 Å². The topological polar surface area (TPSA) is 75.2 Å². The van der Waals surface area contributed by atoms with Gasteiger partial charge in [-0.15, -0.1) is 0 Å². The molecule has 0 radical (unpaired) electrons. The minimum atomic E-state index is -1.01. The molecule has 0 amide bonds. The summed E-state index contributed by atoms with van der Waals surface area (Å²) in [5, 5.41) is 10.4. The van der Waals surface area contributed by atoms with E-state index in [4.69, 9.17) is 27.9 Å². The second kappa shape index (κ2) is 9.13. The Hall–Kier alpha value is -2.50. The number of hydrogen-bond acceptors (Lipinski definition) is 3. The smallest absolute Gasteiger partial charge is 0.335 e. The number of hydrogen-bond donors (Lipinski definition) is 2. The lowest BCUT2D eigenvalue weighted by Gasteiger charge is -2.19. The van der Waals surface area contributed by atoms with Gasteiger partial charge in [0.2, 0.25) is 0 Å². The molecule has 3 aromatic rings. The van der Waals surface area contributed by atoms with Crippen LogP contribution in [0, 0.1) is 0 Å². The van der Waals surface area contributed by atoms with E-state index in [1.54, 1.807) is 48.8 Å². The van der Waals surface area contributed by atoms with Gasteiger partial charge in [-0.25, -0.2) is 9.78 Å². The number of rotatable bonds is 8. The maximum Gasteiger partial charge on any atom is 0.335 e. The highest BCUT2D eigenvalue weighted by atomic mass is 35.5. The van der Waals surface area contributed by atoms with Crippen LogP contribution in [0.5, 0.6) is 5.75 Å². The van der Waals surface area contributed by atoms with Gasteiger partial charge in [-0.1, -0.05) is 48.7 Å². The van der Waals surface area contributed by atoms with Crippen LogP contribution in [0.2, 0.25) is 10.0 Å². The van der Waals surface area contributed by atoms with Crippen molar-refractivity contribution in [1.82, 2.24) is 9.97 Å². The molecule has 0 saturated heterocycles. The molecule has 2 aromatic carbocycles. The van der Waals surface area contributed by atoms with Gasteiger partial charge in [0.15, 0.2) is 0 Å². The van der Waals surface area contributed by atoms with Crippen LogP contribution < -0.4 is 4.74 Å². The van der Waals surface area contributed by atoms with Crippen molar-refractivity contribution in [1.29, 1.82) is 0 Å². The largest absolute Gasteiger partial charge is 0.489 e. The van der Waals surface area contributed by atoms with Crippen molar-refractivity contribution in [2.75, 3.05) is 0 Å². The number of carbonyl (C=O) groups is 1. The Labute approximate surface area is 173 Å². The van der Waals surface area contributed by atoms with E-state index in [0.717, 1.165) is 29.8 Å². The lowest BCUT2D eigenvalue weighted by atomic mass is 9.92. The maximum absolute atomic E-state index is 11.4. The Morgan fingerprint density at radius 3 is 2.71 bits per heavy atom. The minimum absolute atomic E-state index is 0.0291. The average molecular weight is 419 g/mol. The molecule has 0 saturated carbocycles. The standard InChI is InChI=1S/C21H20Cl2N2O3/c1-2-3-17(20-24-8-9-25-20)16-7-5-13(21(26)27)10-19(16)28-12-14-4-6-15(22)11-18(14)23/h4-11,17H,2-3,12H2,1H3,(H,24,25)(H,26,27).